The first-order valence-corrected chi connectivity index (χ1v) is 9.59. The van der Waals surface area contributed by atoms with Crippen molar-refractivity contribution in [1.82, 2.24) is 0 Å². The van der Waals surface area contributed by atoms with Crippen molar-refractivity contribution in [2.24, 2.45) is 5.92 Å². The number of ether oxygens (including phenoxy) is 1. The SMILES string of the molecule is CCOC(=O)c1c(NC(=O)c2ccc([N+](=O)[O-])cc2)sc2c1CC[C@@H](C)C2. The first-order valence-electron chi connectivity index (χ1n) is 8.78. The molecule has 1 atom stereocenters. The van der Waals surface area contributed by atoms with Gasteiger partial charge >= 0.3 is 5.97 Å². The molecule has 0 radical (unpaired) electrons. The van der Waals surface area contributed by atoms with Crippen molar-refractivity contribution in [3.63, 3.8) is 0 Å². The monoisotopic (exact) mass is 388 g/mol. The molecule has 0 aliphatic heterocycles. The van der Waals surface area contributed by atoms with Crippen molar-refractivity contribution in [2.75, 3.05) is 11.9 Å². The van der Waals surface area contributed by atoms with Gasteiger partial charge in [-0.3, -0.25) is 14.9 Å². The normalized spacial score (nSPS) is 15.7. The van der Waals surface area contributed by atoms with E-state index in [-0.39, 0.29) is 17.9 Å². The van der Waals surface area contributed by atoms with Gasteiger partial charge in [-0.15, -0.1) is 11.3 Å². The summed E-state index contributed by atoms with van der Waals surface area (Å²) in [5.74, 6) is -0.310. The number of non-ortho nitro benzene ring substituents is 1. The number of nitrogens with zero attached hydrogens (tertiary/aromatic N) is 1. The summed E-state index contributed by atoms with van der Waals surface area (Å²) < 4.78 is 5.19. The van der Waals surface area contributed by atoms with Gasteiger partial charge in [-0.05, 0) is 49.8 Å². The predicted octanol–water partition coefficient (Wildman–Crippen LogP) is 4.21. The summed E-state index contributed by atoms with van der Waals surface area (Å²) in [6.07, 6.45) is 2.65. The molecule has 1 aromatic carbocycles. The number of anilines is 1. The van der Waals surface area contributed by atoms with Gasteiger partial charge in [-0.25, -0.2) is 4.79 Å². The maximum atomic E-state index is 12.6. The second-order valence-corrected chi connectivity index (χ2v) is 7.64. The molecule has 0 saturated heterocycles. The van der Waals surface area contributed by atoms with E-state index in [9.17, 15) is 19.7 Å². The number of fused-ring (bicyclic) bond motifs is 1. The molecule has 0 fully saturated rings. The summed E-state index contributed by atoms with van der Waals surface area (Å²) in [5, 5.41) is 14.0. The minimum Gasteiger partial charge on any atom is -0.462 e. The lowest BCUT2D eigenvalue weighted by Gasteiger charge is -2.18. The van der Waals surface area contributed by atoms with Crippen LogP contribution in [0.3, 0.4) is 0 Å². The zero-order valence-electron chi connectivity index (χ0n) is 15.1. The molecule has 0 spiro atoms. The molecule has 1 N–H and O–H groups in total. The minimum atomic E-state index is -0.519. The smallest absolute Gasteiger partial charge is 0.341 e. The number of hydrogen-bond donors (Lipinski definition) is 1. The molecule has 3 rings (SSSR count). The summed E-state index contributed by atoms with van der Waals surface area (Å²) >= 11 is 1.41. The molecule has 1 aliphatic carbocycles. The van der Waals surface area contributed by atoms with Crippen LogP contribution in [-0.2, 0) is 17.6 Å². The predicted molar refractivity (Wildman–Crippen MR) is 103 cm³/mol. The van der Waals surface area contributed by atoms with Gasteiger partial charge in [0.15, 0.2) is 0 Å². The number of nitrogens with one attached hydrogen (secondary N) is 1. The third kappa shape index (κ3) is 4.00. The number of benzene rings is 1. The molecule has 0 saturated carbocycles. The van der Waals surface area contributed by atoms with Gasteiger partial charge in [-0.1, -0.05) is 6.92 Å². The van der Waals surface area contributed by atoms with Gasteiger partial charge in [0.2, 0.25) is 0 Å². The van der Waals surface area contributed by atoms with Crippen LogP contribution < -0.4 is 5.32 Å². The third-order valence-electron chi connectivity index (χ3n) is 4.56. The van der Waals surface area contributed by atoms with Crippen LogP contribution in [0.1, 0.15) is 51.4 Å². The Hall–Kier alpha value is -2.74. The Bertz CT molecular complexity index is 888. The van der Waals surface area contributed by atoms with E-state index in [1.54, 1.807) is 6.92 Å². The summed E-state index contributed by atoms with van der Waals surface area (Å²) in [5.41, 5.74) is 1.61. The van der Waals surface area contributed by atoms with E-state index >= 15 is 0 Å². The fourth-order valence-corrected chi connectivity index (χ4v) is 4.56. The second-order valence-electron chi connectivity index (χ2n) is 6.53. The lowest BCUT2D eigenvalue weighted by molar-refractivity contribution is -0.384. The summed E-state index contributed by atoms with van der Waals surface area (Å²) in [4.78, 5) is 36.4. The highest BCUT2D eigenvalue weighted by molar-refractivity contribution is 7.17. The molecule has 1 aromatic heterocycles. The molecule has 1 aliphatic rings. The standard InChI is InChI=1S/C19H20N2O5S/c1-3-26-19(23)16-14-9-4-11(2)10-15(14)27-18(16)20-17(22)12-5-7-13(8-6-12)21(24)25/h5-8,11H,3-4,9-10H2,1-2H3,(H,20,22)/t11-/m1/s1. The summed E-state index contributed by atoms with van der Waals surface area (Å²) in [6.45, 7) is 4.17. The van der Waals surface area contributed by atoms with E-state index in [2.05, 4.69) is 12.2 Å². The number of rotatable bonds is 5. The average Bonchev–Trinajstić information content (AvgIpc) is 2.98. The second kappa shape index (κ2) is 7.87. The zero-order chi connectivity index (χ0) is 19.6. The lowest BCUT2D eigenvalue weighted by atomic mass is 9.88. The van der Waals surface area contributed by atoms with Gasteiger partial charge < -0.3 is 10.1 Å². The number of amides is 1. The number of thiophene rings is 1. The molecule has 142 valence electrons. The first kappa shape index (κ1) is 19.0. The maximum absolute atomic E-state index is 12.6. The van der Waals surface area contributed by atoms with Gasteiger partial charge in [0.1, 0.15) is 5.00 Å². The van der Waals surface area contributed by atoms with Crippen molar-refractivity contribution < 1.29 is 19.2 Å². The van der Waals surface area contributed by atoms with Crippen LogP contribution in [-0.4, -0.2) is 23.4 Å². The van der Waals surface area contributed by atoms with Crippen LogP contribution in [0.15, 0.2) is 24.3 Å². The molecular weight excluding hydrogens is 368 g/mol. The van der Waals surface area contributed by atoms with Gasteiger partial charge in [-0.2, -0.15) is 0 Å². The van der Waals surface area contributed by atoms with Crippen molar-refractivity contribution in [1.29, 1.82) is 0 Å². The van der Waals surface area contributed by atoms with Crippen LogP contribution in [0.4, 0.5) is 10.7 Å². The maximum Gasteiger partial charge on any atom is 0.341 e. The summed E-state index contributed by atoms with van der Waals surface area (Å²) in [6, 6.07) is 5.35. The van der Waals surface area contributed by atoms with E-state index in [0.717, 1.165) is 29.7 Å². The highest BCUT2D eigenvalue weighted by Gasteiger charge is 2.29. The Morgan fingerprint density at radius 2 is 2.04 bits per heavy atom. The Kier molecular flexibility index (Phi) is 5.55. The van der Waals surface area contributed by atoms with Gasteiger partial charge in [0.25, 0.3) is 11.6 Å². The van der Waals surface area contributed by atoms with Crippen molar-refractivity contribution >= 4 is 33.9 Å². The number of nitro benzene ring substituents is 1. The van der Waals surface area contributed by atoms with Crippen molar-refractivity contribution in [3.8, 4) is 0 Å². The Labute approximate surface area is 160 Å². The van der Waals surface area contributed by atoms with Crippen LogP contribution in [0.25, 0.3) is 0 Å². The van der Waals surface area contributed by atoms with Crippen LogP contribution in [0.2, 0.25) is 0 Å². The number of hydrogen-bond acceptors (Lipinski definition) is 6. The van der Waals surface area contributed by atoms with E-state index in [4.69, 9.17) is 4.74 Å². The number of esters is 1. The fourth-order valence-electron chi connectivity index (χ4n) is 3.17. The Morgan fingerprint density at radius 3 is 2.67 bits per heavy atom. The lowest BCUT2D eigenvalue weighted by Crippen LogP contribution is -2.16. The molecule has 1 amide bonds. The zero-order valence-corrected chi connectivity index (χ0v) is 15.9. The van der Waals surface area contributed by atoms with E-state index in [1.807, 2.05) is 0 Å². The molecular formula is C19H20N2O5S. The number of carbonyl (C=O) groups excluding carboxylic acids is 2. The van der Waals surface area contributed by atoms with Crippen molar-refractivity contribution in [3.05, 3.63) is 55.9 Å². The molecule has 1 heterocycles. The molecule has 0 bridgehead atoms. The largest absolute Gasteiger partial charge is 0.462 e. The molecule has 0 unspecified atom stereocenters. The Morgan fingerprint density at radius 1 is 1.33 bits per heavy atom. The fraction of sp³-hybridized carbons (Fsp3) is 0.368. The minimum absolute atomic E-state index is 0.0839. The molecule has 27 heavy (non-hydrogen) atoms. The average molecular weight is 388 g/mol. The Balaban J connectivity index is 1.90. The van der Waals surface area contributed by atoms with Crippen LogP contribution in [0.5, 0.6) is 0 Å². The topological polar surface area (TPSA) is 98.5 Å². The first-order chi connectivity index (χ1) is 12.9. The van der Waals surface area contributed by atoms with Crippen LogP contribution in [0, 0.1) is 16.0 Å². The number of carbonyl (C=O) groups is 2. The van der Waals surface area contributed by atoms with Gasteiger partial charge in [0, 0.05) is 22.6 Å². The van der Waals surface area contributed by atoms with Crippen molar-refractivity contribution in [2.45, 2.75) is 33.1 Å². The van der Waals surface area contributed by atoms with Crippen LogP contribution >= 0.6 is 11.3 Å². The van der Waals surface area contributed by atoms with E-state index in [1.165, 1.54) is 35.6 Å². The third-order valence-corrected chi connectivity index (χ3v) is 5.73. The highest BCUT2D eigenvalue weighted by atomic mass is 32.1. The number of nitro groups is 1. The van der Waals surface area contributed by atoms with E-state index < -0.39 is 16.8 Å². The van der Waals surface area contributed by atoms with Gasteiger partial charge in [0.05, 0.1) is 17.1 Å². The quantitative estimate of drug-likeness (QED) is 0.470. The van der Waals surface area contributed by atoms with E-state index in [0.29, 0.717) is 16.5 Å². The summed E-state index contributed by atoms with van der Waals surface area (Å²) in [7, 11) is 0. The molecule has 7 nitrogen and oxygen atoms in total. The highest BCUT2D eigenvalue weighted by Crippen LogP contribution is 2.40. The molecule has 8 heteroatoms. The molecule has 2 aromatic rings.